The summed E-state index contributed by atoms with van der Waals surface area (Å²) >= 11 is 0. The van der Waals surface area contributed by atoms with Crippen molar-refractivity contribution in [1.29, 1.82) is 0 Å². The molecule has 0 bridgehead atoms. The molecule has 6 heteroatoms. The number of pyridine rings is 1. The highest BCUT2D eigenvalue weighted by Gasteiger charge is 2.28. The number of hydrogen-bond donors (Lipinski definition) is 1. The highest BCUT2D eigenvalue weighted by Crippen LogP contribution is 2.44. The highest BCUT2D eigenvalue weighted by atomic mass is 16.4. The van der Waals surface area contributed by atoms with E-state index in [1.54, 1.807) is 0 Å². The van der Waals surface area contributed by atoms with Gasteiger partial charge in [-0.2, -0.15) is 0 Å². The lowest BCUT2D eigenvalue weighted by Crippen LogP contribution is -2.13. The minimum absolute atomic E-state index is 0.00118. The van der Waals surface area contributed by atoms with Crippen LogP contribution in [0.2, 0.25) is 0 Å². The van der Waals surface area contributed by atoms with Crippen LogP contribution in [-0.4, -0.2) is 27.4 Å². The zero-order valence-electron chi connectivity index (χ0n) is 18.0. The zero-order valence-corrected chi connectivity index (χ0v) is 18.0. The molecule has 0 spiro atoms. The van der Waals surface area contributed by atoms with E-state index in [9.17, 15) is 0 Å². The van der Waals surface area contributed by atoms with Crippen molar-refractivity contribution in [3.63, 3.8) is 0 Å². The van der Waals surface area contributed by atoms with Crippen molar-refractivity contribution < 1.29 is 4.42 Å². The van der Waals surface area contributed by atoms with Gasteiger partial charge < -0.3 is 9.73 Å². The van der Waals surface area contributed by atoms with Gasteiger partial charge in [-0.3, -0.25) is 4.99 Å². The Kier molecular flexibility index (Phi) is 4.45. The second-order valence-corrected chi connectivity index (χ2v) is 9.36. The van der Waals surface area contributed by atoms with E-state index < -0.39 is 0 Å². The smallest absolute Gasteiger partial charge is 0.316 e. The molecule has 6 nitrogen and oxygen atoms in total. The Morgan fingerprint density at radius 2 is 1.97 bits per heavy atom. The van der Waals surface area contributed by atoms with Gasteiger partial charge in [0.05, 0.1) is 12.1 Å². The Bertz CT molecular complexity index is 1180. The number of nitrogens with zero attached hydrogens (tertiary/aromatic N) is 4. The molecule has 1 aliphatic heterocycles. The van der Waals surface area contributed by atoms with E-state index in [0.717, 1.165) is 17.6 Å². The number of benzene rings is 1. The predicted molar refractivity (Wildman–Crippen MR) is 120 cm³/mol. The van der Waals surface area contributed by atoms with Crippen molar-refractivity contribution >= 4 is 22.6 Å². The summed E-state index contributed by atoms with van der Waals surface area (Å²) in [5.41, 5.74) is 6.69. The lowest BCUT2D eigenvalue weighted by Gasteiger charge is -2.23. The zero-order chi connectivity index (χ0) is 20.9. The van der Waals surface area contributed by atoms with Crippen LogP contribution in [0.3, 0.4) is 0 Å². The van der Waals surface area contributed by atoms with Crippen LogP contribution < -0.4 is 5.32 Å². The quantitative estimate of drug-likeness (QED) is 0.607. The average Bonchev–Trinajstić information content (AvgIpc) is 3.22. The third kappa shape index (κ3) is 3.62. The number of hydrogen-bond acceptors (Lipinski definition) is 6. The first-order valence-electron chi connectivity index (χ1n) is 10.6. The fourth-order valence-corrected chi connectivity index (χ4v) is 3.94. The van der Waals surface area contributed by atoms with Crippen LogP contribution in [-0.2, 0) is 5.41 Å². The summed E-state index contributed by atoms with van der Waals surface area (Å²) in [4.78, 5) is 9.28. The van der Waals surface area contributed by atoms with Crippen LogP contribution in [0.25, 0.3) is 22.5 Å². The molecule has 0 radical (unpaired) electrons. The van der Waals surface area contributed by atoms with Crippen molar-refractivity contribution in [3.8, 4) is 11.6 Å². The van der Waals surface area contributed by atoms with Crippen LogP contribution in [0, 0.1) is 6.92 Å². The molecule has 5 rings (SSSR count). The number of aromatic nitrogens is 3. The van der Waals surface area contributed by atoms with Gasteiger partial charge in [0.15, 0.2) is 0 Å². The number of aliphatic imine (C=N–C) groups is 1. The summed E-state index contributed by atoms with van der Waals surface area (Å²) in [6, 6.07) is 7.12. The lowest BCUT2D eigenvalue weighted by molar-refractivity contribution is 0.581. The number of anilines is 1. The van der Waals surface area contributed by atoms with Gasteiger partial charge in [0, 0.05) is 23.7 Å². The average molecular weight is 402 g/mol. The molecular weight excluding hydrogens is 374 g/mol. The first kappa shape index (κ1) is 19.0. The topological polar surface area (TPSA) is 76.2 Å². The number of fused-ring (bicyclic) bond motifs is 1. The van der Waals surface area contributed by atoms with Crippen LogP contribution in [0.15, 0.2) is 39.9 Å². The van der Waals surface area contributed by atoms with Crippen molar-refractivity contribution in [3.05, 3.63) is 47.2 Å². The SMILES string of the molecule is Cc1cc(-c2nnc(NCC3=NC=CC3)o2)nc2c(C(C)(C)C)cc(C3CC3)cc12. The Morgan fingerprint density at radius 1 is 1.13 bits per heavy atom. The molecule has 0 saturated heterocycles. The normalized spacial score (nSPS) is 16.3. The van der Waals surface area contributed by atoms with Crippen molar-refractivity contribution in [2.24, 2.45) is 4.99 Å². The molecule has 1 aliphatic carbocycles. The molecule has 154 valence electrons. The third-order valence-corrected chi connectivity index (χ3v) is 5.80. The van der Waals surface area contributed by atoms with E-state index in [0.29, 0.717) is 30.1 Å². The Labute approximate surface area is 176 Å². The number of nitrogens with one attached hydrogen (secondary N) is 1. The maximum Gasteiger partial charge on any atom is 0.316 e. The fourth-order valence-electron chi connectivity index (χ4n) is 3.94. The standard InChI is InChI=1S/C24H27N5O/c1-14-10-20(22-28-29-23(30-22)26-13-17-6-5-9-25-17)27-21-18(14)11-16(15-7-8-15)12-19(21)24(2,3)4/h5,9-12,15H,6-8,13H2,1-4H3,(H,26,29). The summed E-state index contributed by atoms with van der Waals surface area (Å²) in [6.45, 7) is 9.47. The molecule has 1 aromatic carbocycles. The van der Waals surface area contributed by atoms with Gasteiger partial charge in [0.2, 0.25) is 0 Å². The van der Waals surface area contributed by atoms with Gasteiger partial charge in [-0.05, 0) is 59.9 Å². The first-order chi connectivity index (χ1) is 14.4. The first-order valence-corrected chi connectivity index (χ1v) is 10.6. The van der Waals surface area contributed by atoms with Gasteiger partial charge in [0.25, 0.3) is 5.89 Å². The van der Waals surface area contributed by atoms with Gasteiger partial charge >= 0.3 is 6.01 Å². The van der Waals surface area contributed by atoms with Gasteiger partial charge in [-0.25, -0.2) is 4.98 Å². The Hall–Kier alpha value is -3.02. The molecule has 1 saturated carbocycles. The van der Waals surface area contributed by atoms with Crippen molar-refractivity contribution in [1.82, 2.24) is 15.2 Å². The largest absolute Gasteiger partial charge is 0.402 e. The summed E-state index contributed by atoms with van der Waals surface area (Å²) < 4.78 is 5.86. The summed E-state index contributed by atoms with van der Waals surface area (Å²) in [7, 11) is 0. The van der Waals surface area contributed by atoms with E-state index in [1.807, 2.05) is 18.3 Å². The molecule has 1 fully saturated rings. The fraction of sp³-hybridized carbons (Fsp3) is 0.417. The van der Waals surface area contributed by atoms with Crippen LogP contribution in [0.4, 0.5) is 6.01 Å². The van der Waals surface area contributed by atoms with E-state index in [4.69, 9.17) is 9.40 Å². The number of allylic oxidation sites excluding steroid dienone is 1. The minimum Gasteiger partial charge on any atom is -0.402 e. The number of rotatable bonds is 5. The van der Waals surface area contributed by atoms with E-state index in [1.165, 1.54) is 34.9 Å². The van der Waals surface area contributed by atoms with Crippen LogP contribution in [0.1, 0.15) is 62.6 Å². The van der Waals surface area contributed by atoms with E-state index in [2.05, 4.69) is 60.3 Å². The molecule has 0 atom stereocenters. The molecule has 3 aromatic rings. The third-order valence-electron chi connectivity index (χ3n) is 5.80. The van der Waals surface area contributed by atoms with Gasteiger partial charge in [-0.15, -0.1) is 5.10 Å². The number of aryl methyl sites for hydroxylation is 1. The Balaban J connectivity index is 1.52. The molecular formula is C24H27N5O. The maximum absolute atomic E-state index is 5.86. The van der Waals surface area contributed by atoms with E-state index in [-0.39, 0.29) is 5.41 Å². The lowest BCUT2D eigenvalue weighted by atomic mass is 9.83. The molecule has 0 unspecified atom stereocenters. The van der Waals surface area contributed by atoms with Crippen molar-refractivity contribution in [2.75, 3.05) is 11.9 Å². The maximum atomic E-state index is 5.86. The van der Waals surface area contributed by atoms with Crippen LogP contribution >= 0.6 is 0 Å². The predicted octanol–water partition coefficient (Wildman–Crippen LogP) is 5.54. The monoisotopic (exact) mass is 401 g/mol. The van der Waals surface area contributed by atoms with Gasteiger partial charge in [-0.1, -0.05) is 38.0 Å². The minimum atomic E-state index is -0.00118. The highest BCUT2D eigenvalue weighted by molar-refractivity contribution is 5.91. The van der Waals surface area contributed by atoms with Gasteiger partial charge in [0.1, 0.15) is 5.69 Å². The molecule has 2 aliphatic rings. The second kappa shape index (κ2) is 7.04. The van der Waals surface area contributed by atoms with Crippen molar-refractivity contribution in [2.45, 2.75) is 58.3 Å². The molecule has 1 N–H and O–H groups in total. The summed E-state index contributed by atoms with van der Waals surface area (Å²) in [6.07, 6.45) is 7.29. The Morgan fingerprint density at radius 3 is 2.67 bits per heavy atom. The summed E-state index contributed by atoms with van der Waals surface area (Å²) in [5.74, 6) is 1.14. The molecule has 2 aromatic heterocycles. The molecule has 3 heterocycles. The summed E-state index contributed by atoms with van der Waals surface area (Å²) in [5, 5.41) is 12.7. The second-order valence-electron chi connectivity index (χ2n) is 9.36. The van der Waals surface area contributed by atoms with Crippen LogP contribution in [0.5, 0.6) is 0 Å². The molecule has 30 heavy (non-hydrogen) atoms. The van der Waals surface area contributed by atoms with E-state index >= 15 is 0 Å². The molecule has 0 amide bonds.